The van der Waals surface area contributed by atoms with Gasteiger partial charge in [-0.3, -0.25) is 4.79 Å². The van der Waals surface area contributed by atoms with Crippen LogP contribution in [0.1, 0.15) is 43.7 Å². The molecule has 3 rings (SSSR count). The maximum absolute atomic E-state index is 12.2. The van der Waals surface area contributed by atoms with Crippen molar-refractivity contribution in [2.75, 3.05) is 18.2 Å². The molecule has 1 amide bonds. The fourth-order valence-electron chi connectivity index (χ4n) is 3.62. The SMILES string of the molecule is CSC1CCCCC1NC1CC(=O)N(C)c2ccccc21. The summed E-state index contributed by atoms with van der Waals surface area (Å²) in [5, 5.41) is 4.48. The number of amides is 1. The highest BCUT2D eigenvalue weighted by molar-refractivity contribution is 7.99. The fourth-order valence-corrected chi connectivity index (χ4v) is 4.57. The average molecular weight is 304 g/mol. The predicted octanol–water partition coefficient (Wildman–Crippen LogP) is 3.36. The van der Waals surface area contributed by atoms with Gasteiger partial charge < -0.3 is 10.2 Å². The Labute approximate surface area is 131 Å². The van der Waals surface area contributed by atoms with Crippen molar-refractivity contribution >= 4 is 23.4 Å². The highest BCUT2D eigenvalue weighted by Gasteiger charge is 2.33. The van der Waals surface area contributed by atoms with Crippen LogP contribution in [0.3, 0.4) is 0 Å². The van der Waals surface area contributed by atoms with Crippen LogP contribution in [0.5, 0.6) is 0 Å². The first-order valence-corrected chi connectivity index (χ1v) is 9.14. The second-order valence-electron chi connectivity index (χ2n) is 6.10. The van der Waals surface area contributed by atoms with Crippen LogP contribution in [0.25, 0.3) is 0 Å². The lowest BCUT2D eigenvalue weighted by Gasteiger charge is -2.38. The van der Waals surface area contributed by atoms with Crippen molar-refractivity contribution < 1.29 is 4.79 Å². The van der Waals surface area contributed by atoms with Gasteiger partial charge in [-0.1, -0.05) is 31.0 Å². The van der Waals surface area contributed by atoms with Crippen molar-refractivity contribution in [1.82, 2.24) is 5.32 Å². The molecule has 1 heterocycles. The summed E-state index contributed by atoms with van der Waals surface area (Å²) in [4.78, 5) is 14.0. The maximum atomic E-state index is 12.2. The molecule has 114 valence electrons. The Morgan fingerprint density at radius 3 is 2.81 bits per heavy atom. The van der Waals surface area contributed by atoms with Crippen LogP contribution in [0.4, 0.5) is 5.69 Å². The van der Waals surface area contributed by atoms with E-state index in [2.05, 4.69) is 23.7 Å². The van der Waals surface area contributed by atoms with E-state index in [4.69, 9.17) is 0 Å². The molecule has 1 fully saturated rings. The molecular weight excluding hydrogens is 280 g/mol. The van der Waals surface area contributed by atoms with Gasteiger partial charge in [0.1, 0.15) is 0 Å². The third-order valence-electron chi connectivity index (χ3n) is 4.85. The van der Waals surface area contributed by atoms with E-state index in [1.165, 1.54) is 31.2 Å². The number of carbonyl (C=O) groups excluding carboxylic acids is 1. The molecule has 0 radical (unpaired) electrons. The Morgan fingerprint density at radius 1 is 1.24 bits per heavy atom. The third kappa shape index (κ3) is 2.97. The molecule has 1 aliphatic carbocycles. The zero-order valence-corrected chi connectivity index (χ0v) is 13.7. The topological polar surface area (TPSA) is 32.3 Å². The second kappa shape index (κ2) is 6.41. The number of fused-ring (bicyclic) bond motifs is 1. The van der Waals surface area contributed by atoms with Crippen molar-refractivity contribution in [3.63, 3.8) is 0 Å². The molecule has 1 aliphatic heterocycles. The number of thioether (sulfide) groups is 1. The van der Waals surface area contributed by atoms with Crippen molar-refractivity contribution in [1.29, 1.82) is 0 Å². The van der Waals surface area contributed by atoms with Gasteiger partial charge in [0.05, 0.1) is 0 Å². The van der Waals surface area contributed by atoms with Crippen molar-refractivity contribution in [3.05, 3.63) is 29.8 Å². The zero-order valence-electron chi connectivity index (χ0n) is 12.8. The number of nitrogens with one attached hydrogen (secondary N) is 1. The Kier molecular flexibility index (Phi) is 4.55. The van der Waals surface area contributed by atoms with Crippen molar-refractivity contribution in [2.24, 2.45) is 0 Å². The summed E-state index contributed by atoms with van der Waals surface area (Å²) in [5.41, 5.74) is 2.33. The maximum Gasteiger partial charge on any atom is 0.228 e. The van der Waals surface area contributed by atoms with Gasteiger partial charge in [0.2, 0.25) is 5.91 Å². The van der Waals surface area contributed by atoms with Gasteiger partial charge in [0, 0.05) is 36.5 Å². The number of nitrogens with zero attached hydrogens (tertiary/aromatic N) is 1. The highest BCUT2D eigenvalue weighted by atomic mass is 32.2. The normalized spacial score (nSPS) is 29.3. The van der Waals surface area contributed by atoms with Gasteiger partial charge in [-0.25, -0.2) is 0 Å². The van der Waals surface area contributed by atoms with Crippen molar-refractivity contribution in [2.45, 2.75) is 49.4 Å². The van der Waals surface area contributed by atoms with Crippen LogP contribution in [-0.4, -0.2) is 30.5 Å². The van der Waals surface area contributed by atoms with Crippen LogP contribution in [0.15, 0.2) is 24.3 Å². The lowest BCUT2D eigenvalue weighted by Crippen LogP contribution is -2.46. The number of hydrogen-bond acceptors (Lipinski definition) is 3. The lowest BCUT2D eigenvalue weighted by atomic mass is 9.90. The fraction of sp³-hybridized carbons (Fsp3) is 0.588. The van der Waals surface area contributed by atoms with E-state index in [9.17, 15) is 4.79 Å². The molecule has 0 saturated heterocycles. The summed E-state index contributed by atoms with van der Waals surface area (Å²) in [6.45, 7) is 0. The molecule has 21 heavy (non-hydrogen) atoms. The van der Waals surface area contributed by atoms with Crippen LogP contribution in [0, 0.1) is 0 Å². The molecule has 3 atom stereocenters. The van der Waals surface area contributed by atoms with Crippen LogP contribution < -0.4 is 10.2 Å². The Morgan fingerprint density at radius 2 is 2.00 bits per heavy atom. The van der Waals surface area contributed by atoms with E-state index in [1.54, 1.807) is 4.90 Å². The standard InChI is InChI=1S/C17H24N2OS/c1-19-15-9-5-3-7-12(15)14(11-17(19)20)18-13-8-4-6-10-16(13)21-2/h3,5,7,9,13-14,16,18H,4,6,8,10-11H2,1-2H3. The zero-order chi connectivity index (χ0) is 14.8. The third-order valence-corrected chi connectivity index (χ3v) is 6.02. The van der Waals surface area contributed by atoms with Gasteiger partial charge in [-0.15, -0.1) is 0 Å². The van der Waals surface area contributed by atoms with Gasteiger partial charge in [-0.05, 0) is 30.7 Å². The van der Waals surface area contributed by atoms with Gasteiger partial charge in [0.25, 0.3) is 0 Å². The van der Waals surface area contributed by atoms with E-state index in [-0.39, 0.29) is 11.9 Å². The average Bonchev–Trinajstić information content (AvgIpc) is 2.53. The summed E-state index contributed by atoms with van der Waals surface area (Å²) in [7, 11) is 1.88. The monoisotopic (exact) mass is 304 g/mol. The molecule has 0 bridgehead atoms. The molecule has 4 heteroatoms. The summed E-state index contributed by atoms with van der Waals surface area (Å²) in [6, 6.07) is 8.99. The molecule has 3 nitrogen and oxygen atoms in total. The Hall–Kier alpha value is -1.00. The first-order valence-electron chi connectivity index (χ1n) is 7.85. The molecule has 1 aromatic rings. The van der Waals surface area contributed by atoms with Gasteiger partial charge in [0.15, 0.2) is 0 Å². The summed E-state index contributed by atoms with van der Waals surface area (Å²) in [6.07, 6.45) is 7.95. The van der Waals surface area contributed by atoms with Crippen molar-refractivity contribution in [3.8, 4) is 0 Å². The highest BCUT2D eigenvalue weighted by Crippen LogP contribution is 2.36. The Bertz CT molecular complexity index is 519. The number of anilines is 1. The van der Waals surface area contributed by atoms with E-state index in [0.717, 1.165) is 5.69 Å². The minimum atomic E-state index is 0.169. The largest absolute Gasteiger partial charge is 0.315 e. The molecule has 2 aliphatic rings. The second-order valence-corrected chi connectivity index (χ2v) is 7.18. The first kappa shape index (κ1) is 14.9. The first-order chi connectivity index (χ1) is 10.2. The molecule has 3 unspecified atom stereocenters. The van der Waals surface area contributed by atoms with Gasteiger partial charge >= 0.3 is 0 Å². The number of para-hydroxylation sites is 1. The molecular formula is C17H24N2OS. The smallest absolute Gasteiger partial charge is 0.228 e. The van der Waals surface area contributed by atoms with E-state index in [0.29, 0.717) is 17.7 Å². The summed E-state index contributed by atoms with van der Waals surface area (Å²) >= 11 is 1.97. The van der Waals surface area contributed by atoms with Crippen LogP contribution in [-0.2, 0) is 4.79 Å². The molecule has 1 saturated carbocycles. The minimum absolute atomic E-state index is 0.169. The number of hydrogen-bond donors (Lipinski definition) is 1. The number of carbonyl (C=O) groups is 1. The molecule has 1 N–H and O–H groups in total. The molecule has 0 aromatic heterocycles. The van der Waals surface area contributed by atoms with Crippen LogP contribution in [0.2, 0.25) is 0 Å². The Balaban J connectivity index is 1.82. The predicted molar refractivity (Wildman–Crippen MR) is 89.9 cm³/mol. The molecule has 0 spiro atoms. The van der Waals surface area contributed by atoms with E-state index >= 15 is 0 Å². The lowest BCUT2D eigenvalue weighted by molar-refractivity contribution is -0.119. The van der Waals surface area contributed by atoms with E-state index in [1.807, 2.05) is 30.9 Å². The van der Waals surface area contributed by atoms with Gasteiger partial charge in [-0.2, -0.15) is 11.8 Å². The summed E-state index contributed by atoms with van der Waals surface area (Å²) < 4.78 is 0. The minimum Gasteiger partial charge on any atom is -0.315 e. The number of benzene rings is 1. The number of rotatable bonds is 3. The van der Waals surface area contributed by atoms with Crippen LogP contribution >= 0.6 is 11.8 Å². The van der Waals surface area contributed by atoms with E-state index < -0.39 is 0 Å². The summed E-state index contributed by atoms with van der Waals surface area (Å²) in [5.74, 6) is 0.211. The quantitative estimate of drug-likeness (QED) is 0.929. The molecule has 1 aromatic carbocycles.